The van der Waals surface area contributed by atoms with Crippen molar-refractivity contribution in [1.82, 2.24) is 5.32 Å². The van der Waals surface area contributed by atoms with E-state index in [2.05, 4.69) is 35.1 Å². The Kier molecular flexibility index (Phi) is 3.54. The fraction of sp³-hybridized carbons (Fsp3) is 0.385. The van der Waals surface area contributed by atoms with Gasteiger partial charge in [-0.25, -0.2) is 4.39 Å². The van der Waals surface area contributed by atoms with Crippen LogP contribution >= 0.6 is 15.9 Å². The lowest BCUT2D eigenvalue weighted by atomic mass is 9.99. The lowest BCUT2D eigenvalue weighted by molar-refractivity contribution is 0.519. The van der Waals surface area contributed by atoms with Gasteiger partial charge in [0.05, 0.1) is 11.0 Å². The summed E-state index contributed by atoms with van der Waals surface area (Å²) in [5.41, 5.74) is 1.80. The number of nitrogens with one attached hydrogen (secondary N) is 1. The minimum atomic E-state index is -0.247. The molecule has 0 fully saturated rings. The van der Waals surface area contributed by atoms with Gasteiger partial charge in [0, 0.05) is 10.9 Å². The fourth-order valence-electron chi connectivity index (χ4n) is 2.12. The van der Waals surface area contributed by atoms with Gasteiger partial charge >= 0.3 is 0 Å². The van der Waals surface area contributed by atoms with Crippen LogP contribution in [0.5, 0.6) is 0 Å². The molecule has 0 spiro atoms. The molecule has 1 heterocycles. The average molecular weight is 300 g/mol. The summed E-state index contributed by atoms with van der Waals surface area (Å²) in [5.74, 6) is 0.931. The van der Waals surface area contributed by atoms with Gasteiger partial charge < -0.3 is 9.73 Å². The third-order valence-electron chi connectivity index (χ3n) is 2.74. The molecule has 0 aliphatic carbocycles. The van der Waals surface area contributed by atoms with Crippen molar-refractivity contribution in [3.05, 3.63) is 33.7 Å². The van der Waals surface area contributed by atoms with Crippen molar-refractivity contribution in [1.29, 1.82) is 0 Å². The summed E-state index contributed by atoms with van der Waals surface area (Å²) in [6.45, 7) is 4.82. The van der Waals surface area contributed by atoms with E-state index >= 15 is 0 Å². The van der Waals surface area contributed by atoms with E-state index in [1.54, 1.807) is 0 Å². The smallest absolute Gasteiger partial charge is 0.149 e. The molecule has 1 N–H and O–H groups in total. The molecule has 0 saturated heterocycles. The topological polar surface area (TPSA) is 25.2 Å². The molecular weight excluding hydrogens is 285 g/mol. The molecule has 2 rings (SSSR count). The van der Waals surface area contributed by atoms with Gasteiger partial charge in [-0.1, -0.05) is 13.8 Å². The third kappa shape index (κ3) is 2.24. The minimum absolute atomic E-state index is 0.247. The summed E-state index contributed by atoms with van der Waals surface area (Å²) >= 11 is 3.34. The Morgan fingerprint density at radius 2 is 2.12 bits per heavy atom. The van der Waals surface area contributed by atoms with Gasteiger partial charge in [0.25, 0.3) is 0 Å². The van der Waals surface area contributed by atoms with Crippen LogP contribution in [0.1, 0.15) is 31.1 Å². The van der Waals surface area contributed by atoms with Gasteiger partial charge in [-0.05, 0) is 41.0 Å². The van der Waals surface area contributed by atoms with E-state index in [1.807, 2.05) is 7.05 Å². The maximum absolute atomic E-state index is 13.4. The molecule has 92 valence electrons. The first-order valence-electron chi connectivity index (χ1n) is 5.59. The molecule has 0 aliphatic rings. The van der Waals surface area contributed by atoms with E-state index in [1.165, 1.54) is 12.1 Å². The average Bonchev–Trinajstić information content (AvgIpc) is 2.57. The van der Waals surface area contributed by atoms with E-state index in [9.17, 15) is 4.39 Å². The number of hydrogen-bond acceptors (Lipinski definition) is 2. The highest BCUT2D eigenvalue weighted by Crippen LogP contribution is 2.36. The highest BCUT2D eigenvalue weighted by atomic mass is 79.9. The number of fused-ring (bicyclic) bond motifs is 1. The van der Waals surface area contributed by atoms with Crippen LogP contribution in [-0.2, 0) is 6.54 Å². The lowest BCUT2D eigenvalue weighted by Gasteiger charge is -2.05. The van der Waals surface area contributed by atoms with Crippen LogP contribution in [0.3, 0.4) is 0 Å². The van der Waals surface area contributed by atoms with Crippen molar-refractivity contribution >= 4 is 26.9 Å². The molecule has 0 aliphatic heterocycles. The van der Waals surface area contributed by atoms with Crippen molar-refractivity contribution in [2.24, 2.45) is 0 Å². The summed E-state index contributed by atoms with van der Waals surface area (Å²) in [4.78, 5) is 0. The van der Waals surface area contributed by atoms with E-state index in [-0.39, 0.29) is 5.82 Å². The summed E-state index contributed by atoms with van der Waals surface area (Å²) in [7, 11) is 1.87. The maximum Gasteiger partial charge on any atom is 0.149 e. The Bertz CT molecular complexity index is 548. The number of benzene rings is 1. The first-order valence-corrected chi connectivity index (χ1v) is 6.38. The van der Waals surface area contributed by atoms with Crippen LogP contribution in [-0.4, -0.2) is 7.05 Å². The van der Waals surface area contributed by atoms with Gasteiger partial charge in [-0.15, -0.1) is 0 Å². The predicted molar refractivity (Wildman–Crippen MR) is 70.7 cm³/mol. The second-order valence-electron chi connectivity index (χ2n) is 4.39. The van der Waals surface area contributed by atoms with Crippen molar-refractivity contribution in [3.63, 3.8) is 0 Å². The van der Waals surface area contributed by atoms with E-state index in [0.29, 0.717) is 16.9 Å². The van der Waals surface area contributed by atoms with Crippen molar-refractivity contribution in [3.8, 4) is 0 Å². The Morgan fingerprint density at radius 3 is 2.71 bits per heavy atom. The second-order valence-corrected chi connectivity index (χ2v) is 5.24. The molecule has 2 nitrogen and oxygen atoms in total. The monoisotopic (exact) mass is 299 g/mol. The molecule has 0 amide bonds. The Balaban J connectivity index is 2.75. The molecular formula is C13H15BrFNO. The third-order valence-corrected chi connectivity index (χ3v) is 3.33. The van der Waals surface area contributed by atoms with Gasteiger partial charge in [0.15, 0.2) is 0 Å². The van der Waals surface area contributed by atoms with Gasteiger partial charge in [-0.3, -0.25) is 0 Å². The first kappa shape index (κ1) is 12.6. The van der Waals surface area contributed by atoms with Crippen molar-refractivity contribution in [2.75, 3.05) is 7.05 Å². The highest BCUT2D eigenvalue weighted by molar-refractivity contribution is 9.10. The SMILES string of the molecule is CNCc1oc2c(Br)cc(F)cc2c1C(C)C. The zero-order chi connectivity index (χ0) is 12.6. The summed E-state index contributed by atoms with van der Waals surface area (Å²) in [5, 5.41) is 3.93. The summed E-state index contributed by atoms with van der Waals surface area (Å²) in [6, 6.07) is 2.97. The first-order chi connectivity index (χ1) is 8.04. The van der Waals surface area contributed by atoms with Gasteiger partial charge in [0.1, 0.15) is 17.2 Å². The molecule has 0 unspecified atom stereocenters. The Hall–Kier alpha value is -0.870. The van der Waals surface area contributed by atoms with E-state index in [0.717, 1.165) is 22.3 Å². The molecule has 17 heavy (non-hydrogen) atoms. The summed E-state index contributed by atoms with van der Waals surface area (Å²) < 4.78 is 19.9. The van der Waals surface area contributed by atoms with Crippen molar-refractivity contribution in [2.45, 2.75) is 26.3 Å². The van der Waals surface area contributed by atoms with Crippen LogP contribution < -0.4 is 5.32 Å². The van der Waals surface area contributed by atoms with Gasteiger partial charge in [-0.2, -0.15) is 0 Å². The molecule has 0 saturated carbocycles. The molecule has 4 heteroatoms. The summed E-state index contributed by atoms with van der Waals surface area (Å²) in [6.07, 6.45) is 0. The normalized spacial score (nSPS) is 11.6. The van der Waals surface area contributed by atoms with Crippen LogP contribution in [0.15, 0.2) is 21.0 Å². The van der Waals surface area contributed by atoms with E-state index < -0.39 is 0 Å². The van der Waals surface area contributed by atoms with Crippen LogP contribution in [0.2, 0.25) is 0 Å². The Labute approximate surface area is 108 Å². The molecule has 0 atom stereocenters. The number of hydrogen-bond donors (Lipinski definition) is 1. The van der Waals surface area contributed by atoms with Crippen LogP contribution in [0.4, 0.5) is 4.39 Å². The van der Waals surface area contributed by atoms with Crippen molar-refractivity contribution < 1.29 is 8.81 Å². The number of rotatable bonds is 3. The quantitative estimate of drug-likeness (QED) is 0.920. The second kappa shape index (κ2) is 4.78. The van der Waals surface area contributed by atoms with E-state index in [4.69, 9.17) is 4.42 Å². The fourth-order valence-corrected chi connectivity index (χ4v) is 2.63. The van der Waals surface area contributed by atoms with Crippen LogP contribution in [0.25, 0.3) is 11.0 Å². The standard InChI is InChI=1S/C13H15BrFNO/c1-7(2)12-9-4-8(15)5-10(14)13(9)17-11(12)6-16-3/h4-5,7,16H,6H2,1-3H3. The van der Waals surface area contributed by atoms with Gasteiger partial charge in [0.2, 0.25) is 0 Å². The predicted octanol–water partition coefficient (Wildman–Crippen LogP) is 4.18. The largest absolute Gasteiger partial charge is 0.458 e. The molecule has 0 bridgehead atoms. The highest BCUT2D eigenvalue weighted by Gasteiger charge is 2.18. The minimum Gasteiger partial charge on any atom is -0.458 e. The zero-order valence-corrected chi connectivity index (χ0v) is 11.7. The Morgan fingerprint density at radius 1 is 1.41 bits per heavy atom. The molecule has 1 aromatic carbocycles. The molecule has 2 aromatic rings. The molecule has 0 radical (unpaired) electrons. The number of furan rings is 1. The lowest BCUT2D eigenvalue weighted by Crippen LogP contribution is -2.06. The number of halogens is 2. The maximum atomic E-state index is 13.4. The molecule has 1 aromatic heterocycles. The zero-order valence-electron chi connectivity index (χ0n) is 10.1. The van der Waals surface area contributed by atoms with Crippen LogP contribution in [0, 0.1) is 5.82 Å².